The second-order valence-corrected chi connectivity index (χ2v) is 8.28. The number of hydrogen-bond acceptors (Lipinski definition) is 6. The SMILES string of the molecule is C#Cc1cccc(Nc2ncnc3cc(OCC)c(C#CC(C)(C)N4CCOCC4)cc23)c1. The Hall–Kier alpha value is -3.58. The van der Waals surface area contributed by atoms with E-state index in [0.29, 0.717) is 18.2 Å². The molecule has 3 aromatic rings. The Bertz CT molecular complexity index is 1240. The van der Waals surface area contributed by atoms with E-state index in [9.17, 15) is 0 Å². The minimum absolute atomic E-state index is 0.286. The van der Waals surface area contributed by atoms with Gasteiger partial charge in [-0.25, -0.2) is 9.97 Å². The summed E-state index contributed by atoms with van der Waals surface area (Å²) >= 11 is 0. The first-order chi connectivity index (χ1) is 16.0. The van der Waals surface area contributed by atoms with Gasteiger partial charge in [0.15, 0.2) is 0 Å². The molecule has 6 heteroatoms. The Morgan fingerprint density at radius 2 is 2.00 bits per heavy atom. The Morgan fingerprint density at radius 1 is 1.18 bits per heavy atom. The normalized spacial score (nSPS) is 14.2. The van der Waals surface area contributed by atoms with E-state index in [1.165, 1.54) is 6.33 Å². The fraction of sp³-hybridized carbons (Fsp3) is 0.333. The number of ether oxygens (including phenoxy) is 2. The minimum atomic E-state index is -0.286. The van der Waals surface area contributed by atoms with E-state index < -0.39 is 0 Å². The summed E-state index contributed by atoms with van der Waals surface area (Å²) in [6.07, 6.45) is 7.09. The number of aromatic nitrogens is 2. The van der Waals surface area contributed by atoms with E-state index in [1.54, 1.807) is 0 Å². The van der Waals surface area contributed by atoms with Gasteiger partial charge in [-0.2, -0.15) is 0 Å². The Labute approximate surface area is 195 Å². The quantitative estimate of drug-likeness (QED) is 0.600. The van der Waals surface area contributed by atoms with E-state index in [2.05, 4.69) is 51.8 Å². The molecular weight excluding hydrogens is 412 g/mol. The molecule has 2 aromatic carbocycles. The molecule has 0 atom stereocenters. The van der Waals surface area contributed by atoms with Gasteiger partial charge in [-0.1, -0.05) is 23.8 Å². The average molecular weight is 441 g/mol. The van der Waals surface area contributed by atoms with Crippen LogP contribution >= 0.6 is 0 Å². The average Bonchev–Trinajstić information content (AvgIpc) is 2.84. The maximum absolute atomic E-state index is 5.91. The molecule has 1 fully saturated rings. The lowest BCUT2D eigenvalue weighted by Gasteiger charge is -2.37. The third kappa shape index (κ3) is 5.26. The molecule has 0 unspecified atom stereocenters. The molecule has 2 heterocycles. The summed E-state index contributed by atoms with van der Waals surface area (Å²) in [5.41, 5.74) is 2.96. The highest BCUT2D eigenvalue weighted by atomic mass is 16.5. The molecule has 0 saturated carbocycles. The summed E-state index contributed by atoms with van der Waals surface area (Å²) in [5.74, 6) is 10.9. The van der Waals surface area contributed by atoms with Crippen molar-refractivity contribution in [2.75, 3.05) is 38.2 Å². The molecule has 0 aliphatic carbocycles. The molecule has 1 N–H and O–H groups in total. The van der Waals surface area contributed by atoms with E-state index in [0.717, 1.165) is 54.0 Å². The third-order valence-corrected chi connectivity index (χ3v) is 5.63. The van der Waals surface area contributed by atoms with Gasteiger partial charge in [0.1, 0.15) is 17.9 Å². The Kier molecular flexibility index (Phi) is 6.79. The number of nitrogens with zero attached hydrogens (tertiary/aromatic N) is 3. The van der Waals surface area contributed by atoms with Crippen LogP contribution in [0.3, 0.4) is 0 Å². The number of fused-ring (bicyclic) bond motifs is 1. The van der Waals surface area contributed by atoms with Crippen LogP contribution in [0, 0.1) is 24.2 Å². The predicted molar refractivity (Wildman–Crippen MR) is 132 cm³/mol. The van der Waals surface area contributed by atoms with Crippen LogP contribution in [0.2, 0.25) is 0 Å². The van der Waals surface area contributed by atoms with E-state index >= 15 is 0 Å². The number of morpholine rings is 1. The predicted octanol–water partition coefficient (Wildman–Crippen LogP) is 4.22. The number of rotatable bonds is 5. The lowest BCUT2D eigenvalue weighted by Crippen LogP contribution is -2.49. The van der Waals surface area contributed by atoms with Crippen molar-refractivity contribution in [3.63, 3.8) is 0 Å². The van der Waals surface area contributed by atoms with Gasteiger partial charge in [0, 0.05) is 35.8 Å². The zero-order valence-corrected chi connectivity index (χ0v) is 19.3. The fourth-order valence-electron chi connectivity index (χ4n) is 3.80. The van der Waals surface area contributed by atoms with E-state index in [4.69, 9.17) is 15.9 Å². The van der Waals surface area contributed by atoms with Crippen LogP contribution in [0.4, 0.5) is 11.5 Å². The number of hydrogen-bond donors (Lipinski definition) is 1. The molecular formula is C27H28N4O2. The lowest BCUT2D eigenvalue weighted by atomic mass is 10.0. The van der Waals surface area contributed by atoms with Crippen molar-refractivity contribution >= 4 is 22.4 Å². The highest BCUT2D eigenvalue weighted by Crippen LogP contribution is 2.30. The molecule has 6 nitrogen and oxygen atoms in total. The van der Waals surface area contributed by atoms with Crippen molar-refractivity contribution in [2.45, 2.75) is 26.3 Å². The topological polar surface area (TPSA) is 59.5 Å². The van der Waals surface area contributed by atoms with E-state index in [1.807, 2.05) is 43.3 Å². The highest BCUT2D eigenvalue weighted by Gasteiger charge is 2.26. The summed E-state index contributed by atoms with van der Waals surface area (Å²) in [7, 11) is 0. The van der Waals surface area contributed by atoms with E-state index in [-0.39, 0.29) is 5.54 Å². The second kappa shape index (κ2) is 9.92. The molecule has 1 aliphatic heterocycles. The smallest absolute Gasteiger partial charge is 0.141 e. The van der Waals surface area contributed by atoms with Gasteiger partial charge in [0.2, 0.25) is 0 Å². The van der Waals surface area contributed by atoms with Crippen molar-refractivity contribution in [3.05, 3.63) is 53.9 Å². The highest BCUT2D eigenvalue weighted by molar-refractivity contribution is 5.93. The monoisotopic (exact) mass is 440 g/mol. The largest absolute Gasteiger partial charge is 0.492 e. The molecule has 0 amide bonds. The first-order valence-corrected chi connectivity index (χ1v) is 11.1. The number of anilines is 2. The Balaban J connectivity index is 1.73. The van der Waals surface area contributed by atoms with Gasteiger partial charge < -0.3 is 14.8 Å². The molecule has 1 aromatic heterocycles. The lowest BCUT2D eigenvalue weighted by molar-refractivity contribution is 0.00739. The first-order valence-electron chi connectivity index (χ1n) is 11.1. The zero-order valence-electron chi connectivity index (χ0n) is 19.3. The summed E-state index contributed by atoms with van der Waals surface area (Å²) in [5, 5.41) is 4.23. The van der Waals surface area contributed by atoms with Crippen LogP contribution in [0.5, 0.6) is 5.75 Å². The maximum atomic E-state index is 5.91. The minimum Gasteiger partial charge on any atom is -0.492 e. The fourth-order valence-corrected chi connectivity index (χ4v) is 3.80. The van der Waals surface area contributed by atoms with Crippen molar-refractivity contribution in [1.29, 1.82) is 0 Å². The standard InChI is InChI=1S/C27H28N4O2/c1-5-20-8-7-9-22(16-20)30-26-23-17-21(25(33-6-2)18-24(23)28-19-29-26)10-11-27(3,4)31-12-14-32-15-13-31/h1,7-9,16-19H,6,12-15H2,2-4H3,(H,28,29,30). The molecule has 0 bridgehead atoms. The van der Waals surface area contributed by atoms with Gasteiger partial charge in [0.05, 0.1) is 36.4 Å². The summed E-state index contributed by atoms with van der Waals surface area (Å²) in [6.45, 7) is 10.00. The van der Waals surface area contributed by atoms with Crippen LogP contribution in [-0.2, 0) is 4.74 Å². The van der Waals surface area contributed by atoms with Crippen molar-refractivity contribution < 1.29 is 9.47 Å². The molecule has 0 radical (unpaired) electrons. The van der Waals surface area contributed by atoms with Crippen LogP contribution in [0.25, 0.3) is 10.9 Å². The van der Waals surface area contributed by atoms with Gasteiger partial charge in [0.25, 0.3) is 0 Å². The molecule has 1 aliphatic rings. The van der Waals surface area contributed by atoms with Gasteiger partial charge in [-0.15, -0.1) is 6.42 Å². The molecule has 33 heavy (non-hydrogen) atoms. The summed E-state index contributed by atoms with van der Waals surface area (Å²) in [6, 6.07) is 11.6. The van der Waals surface area contributed by atoms with Crippen molar-refractivity contribution in [2.24, 2.45) is 0 Å². The maximum Gasteiger partial charge on any atom is 0.141 e. The van der Waals surface area contributed by atoms with Crippen LogP contribution in [0.1, 0.15) is 31.9 Å². The van der Waals surface area contributed by atoms with Crippen molar-refractivity contribution in [3.8, 4) is 29.9 Å². The first kappa shape index (κ1) is 22.6. The van der Waals surface area contributed by atoms with Crippen LogP contribution in [-0.4, -0.2) is 53.3 Å². The molecule has 1 saturated heterocycles. The third-order valence-electron chi connectivity index (χ3n) is 5.63. The van der Waals surface area contributed by atoms with Gasteiger partial charge in [-0.3, -0.25) is 4.90 Å². The van der Waals surface area contributed by atoms with Gasteiger partial charge in [-0.05, 0) is 45.0 Å². The van der Waals surface area contributed by atoms with Crippen molar-refractivity contribution in [1.82, 2.24) is 14.9 Å². The number of nitrogens with one attached hydrogen (secondary N) is 1. The molecule has 168 valence electrons. The van der Waals surface area contributed by atoms with Crippen LogP contribution < -0.4 is 10.1 Å². The van der Waals surface area contributed by atoms with Gasteiger partial charge >= 0.3 is 0 Å². The number of benzene rings is 2. The molecule has 4 rings (SSSR count). The number of terminal acetylenes is 1. The second-order valence-electron chi connectivity index (χ2n) is 8.28. The zero-order chi connectivity index (χ0) is 23.3. The Morgan fingerprint density at radius 3 is 2.76 bits per heavy atom. The molecule has 0 spiro atoms. The summed E-state index contributed by atoms with van der Waals surface area (Å²) < 4.78 is 11.4. The summed E-state index contributed by atoms with van der Waals surface area (Å²) in [4.78, 5) is 11.3. The van der Waals surface area contributed by atoms with Crippen LogP contribution in [0.15, 0.2) is 42.7 Å².